The summed E-state index contributed by atoms with van der Waals surface area (Å²) in [5.41, 5.74) is 13.7. The third-order valence-electron chi connectivity index (χ3n) is 8.55. The average Bonchev–Trinajstić information content (AvgIpc) is 3.86. The number of aliphatic imine (C=N–C) groups is 4. The van der Waals surface area contributed by atoms with Crippen LogP contribution in [0, 0.1) is 6.92 Å². The van der Waals surface area contributed by atoms with Crippen molar-refractivity contribution in [2.75, 3.05) is 0 Å². The smallest absolute Gasteiger partial charge is 0.884 e. The molecule has 0 fully saturated rings. The Hall–Kier alpha value is -5.03. The Kier molecular flexibility index (Phi) is 8.35. The normalized spacial score (nSPS) is 18.0. The Morgan fingerprint density at radius 2 is 1.30 bits per heavy atom. The first kappa shape index (κ1) is 31.0. The van der Waals surface area contributed by atoms with Gasteiger partial charge in [0.25, 0.3) is 0 Å². The van der Waals surface area contributed by atoms with Crippen LogP contribution < -0.4 is 25.6 Å². The summed E-state index contributed by atoms with van der Waals surface area (Å²) < 4.78 is 0. The van der Waals surface area contributed by atoms with E-state index in [-0.39, 0.29) is 22.6 Å². The van der Waals surface area contributed by atoms with Crippen molar-refractivity contribution in [2.45, 2.75) is 40.5 Å². The Labute approximate surface area is 278 Å². The standard InChI is InChI=1S/C38H32N5O2.Al/c1-5-29-21(3)33-17-27-13-15-31(40-27)37(23-7-9-24(10-8-23)38(44)45)32-16-14-28(41-32)18-34-22(4)30(6-2)36(43-34)20-26-12-11-25(39-26)19-35(29)42-33;/h7-20H,5-6H2,1-4H3,(H2-,39,40,41,42,43,44,45);/q-1;+3/p-2. The summed E-state index contributed by atoms with van der Waals surface area (Å²) in [4.78, 5) is 24.9. The molecule has 8 heteroatoms. The van der Waals surface area contributed by atoms with Crippen molar-refractivity contribution in [1.29, 1.82) is 0 Å². The van der Waals surface area contributed by atoms with E-state index < -0.39 is 5.95 Å². The minimum absolute atomic E-state index is 0. The topological polar surface area (TPSA) is 110 Å². The largest absolute Gasteiger partial charge is 3.00 e. The minimum atomic E-state index is -1.22. The van der Waals surface area contributed by atoms with Crippen molar-refractivity contribution in [3.8, 4) is 0 Å². The molecule has 222 valence electrons. The number of aromatic nitrogens is 1. The maximum Gasteiger partial charge on any atom is 3.00 e. The van der Waals surface area contributed by atoms with Crippen LogP contribution in [0.3, 0.4) is 0 Å². The molecule has 5 aliphatic rings. The zero-order valence-corrected chi connectivity index (χ0v) is 27.3. The molecule has 0 aliphatic carbocycles. The van der Waals surface area contributed by atoms with E-state index >= 15 is 0 Å². The number of hydrogen-bond donors (Lipinski definition) is 0. The fourth-order valence-electron chi connectivity index (χ4n) is 6.18. The van der Waals surface area contributed by atoms with Gasteiger partial charge in [0.15, 0.2) is 0 Å². The molecule has 7 rings (SSSR count). The Bertz CT molecular complexity index is 2180. The maximum atomic E-state index is 11.5. The fraction of sp³-hybridized carbons (Fsp3) is 0.158. The molecule has 7 nitrogen and oxygen atoms in total. The second kappa shape index (κ2) is 12.4. The van der Waals surface area contributed by atoms with E-state index in [4.69, 9.17) is 25.0 Å². The second-order valence-corrected chi connectivity index (χ2v) is 11.3. The van der Waals surface area contributed by atoms with Crippen molar-refractivity contribution in [3.63, 3.8) is 0 Å². The van der Waals surface area contributed by atoms with Crippen molar-refractivity contribution >= 4 is 63.9 Å². The van der Waals surface area contributed by atoms with Gasteiger partial charge in [-0.25, -0.2) is 20.0 Å². The molecule has 2 aromatic rings. The molecular weight excluding hydrogens is 585 g/mol. The molecule has 0 N–H and O–H groups in total. The molecule has 0 saturated carbocycles. The maximum absolute atomic E-state index is 11.5. The van der Waals surface area contributed by atoms with E-state index in [2.05, 4.69) is 27.7 Å². The summed E-state index contributed by atoms with van der Waals surface area (Å²) in [6.45, 7) is 8.48. The predicted octanol–water partition coefficient (Wildman–Crippen LogP) is 3.45. The number of allylic oxidation sites excluding steroid dienone is 10. The molecular formula is C38H30AlN5O2. The molecule has 0 radical (unpaired) electrons. The van der Waals surface area contributed by atoms with Gasteiger partial charge in [-0.15, -0.1) is 11.4 Å². The van der Waals surface area contributed by atoms with Crippen LogP contribution in [-0.4, -0.2) is 40.2 Å². The van der Waals surface area contributed by atoms with Crippen LogP contribution in [0.15, 0.2) is 127 Å². The third kappa shape index (κ3) is 5.62. The first-order chi connectivity index (χ1) is 21.8. The van der Waals surface area contributed by atoms with Gasteiger partial charge in [-0.1, -0.05) is 61.4 Å². The average molecular weight is 616 g/mol. The number of nitrogens with zero attached hydrogens (tertiary/aromatic N) is 5. The third-order valence-corrected chi connectivity index (χ3v) is 8.55. The molecule has 1 aromatic heterocycles. The van der Waals surface area contributed by atoms with Crippen LogP contribution in [0.5, 0.6) is 0 Å². The van der Waals surface area contributed by atoms with Gasteiger partial charge in [-0.2, -0.15) is 5.95 Å². The van der Waals surface area contributed by atoms with Gasteiger partial charge in [0, 0.05) is 5.57 Å². The molecule has 1 aromatic carbocycles. The first-order valence-corrected chi connectivity index (χ1v) is 15.1. The van der Waals surface area contributed by atoms with Crippen molar-refractivity contribution in [3.05, 3.63) is 140 Å². The number of fused-ring (bicyclic) bond motifs is 6. The molecule has 6 heterocycles. The second-order valence-electron chi connectivity index (χ2n) is 11.3. The van der Waals surface area contributed by atoms with Crippen LogP contribution in [0.1, 0.15) is 49.7 Å². The Morgan fingerprint density at radius 1 is 0.674 bits per heavy atom. The SMILES string of the molecule is CCC1=C(C)C2=NC1=CC1=NC(=Cc3[n-]c(c(C)c3CC)C=C3C=CC(=N3)C(=c3ccc(=C([O-])[O-])cc3)C3=NC(=C2)C=C3)C=C1.[Al+3]. The Morgan fingerprint density at radius 3 is 1.96 bits per heavy atom. The molecule has 46 heavy (non-hydrogen) atoms. The monoisotopic (exact) mass is 615 g/mol. The van der Waals surface area contributed by atoms with E-state index in [1.807, 2.05) is 60.8 Å². The van der Waals surface area contributed by atoms with Crippen LogP contribution >= 0.6 is 0 Å². The van der Waals surface area contributed by atoms with E-state index in [0.717, 1.165) is 91.8 Å². The Balaban J connectivity index is 0.00000372. The molecule has 0 unspecified atom stereocenters. The van der Waals surface area contributed by atoms with Gasteiger partial charge in [0.1, 0.15) is 0 Å². The van der Waals surface area contributed by atoms with Crippen LogP contribution in [0.2, 0.25) is 0 Å². The molecule has 0 atom stereocenters. The molecule has 5 aliphatic heterocycles. The van der Waals surface area contributed by atoms with Gasteiger partial charge in [-0.05, 0) is 96.9 Å². The zero-order chi connectivity index (χ0) is 31.2. The van der Waals surface area contributed by atoms with Crippen molar-refractivity contribution in [1.82, 2.24) is 4.98 Å². The van der Waals surface area contributed by atoms with Gasteiger partial charge >= 0.3 is 17.4 Å². The summed E-state index contributed by atoms with van der Waals surface area (Å²) >= 11 is 0. The first-order valence-electron chi connectivity index (χ1n) is 15.1. The van der Waals surface area contributed by atoms with Gasteiger partial charge in [0.05, 0.1) is 45.6 Å². The van der Waals surface area contributed by atoms with Gasteiger partial charge < -0.3 is 15.2 Å². The van der Waals surface area contributed by atoms with Crippen molar-refractivity contribution < 1.29 is 10.2 Å². The summed E-state index contributed by atoms with van der Waals surface area (Å²) in [7, 11) is 0. The summed E-state index contributed by atoms with van der Waals surface area (Å²) in [6, 6.07) is 6.64. The minimum Gasteiger partial charge on any atom is -0.884 e. The fourth-order valence-corrected chi connectivity index (χ4v) is 6.18. The van der Waals surface area contributed by atoms with Crippen LogP contribution in [-0.2, 0) is 6.42 Å². The summed E-state index contributed by atoms with van der Waals surface area (Å²) in [6.07, 6.45) is 21.7. The number of hydrogen-bond acceptors (Lipinski definition) is 6. The molecule has 0 amide bonds. The van der Waals surface area contributed by atoms with Gasteiger partial charge in [-0.3, -0.25) is 0 Å². The summed E-state index contributed by atoms with van der Waals surface area (Å²) in [5, 5.41) is 23.8. The number of rotatable bonds is 2. The van der Waals surface area contributed by atoms with E-state index in [1.165, 1.54) is 11.1 Å². The molecule has 0 saturated heterocycles. The number of benzene rings is 1. The van der Waals surface area contributed by atoms with E-state index in [9.17, 15) is 10.2 Å². The van der Waals surface area contributed by atoms with Crippen LogP contribution in [0.25, 0.3) is 23.7 Å². The zero-order valence-electron chi connectivity index (χ0n) is 26.1. The van der Waals surface area contributed by atoms with Gasteiger partial charge in [0.2, 0.25) is 0 Å². The van der Waals surface area contributed by atoms with E-state index in [0.29, 0.717) is 0 Å². The molecule has 0 spiro atoms. The quantitative estimate of drug-likeness (QED) is 0.483. The van der Waals surface area contributed by atoms with Crippen LogP contribution in [0.4, 0.5) is 0 Å². The predicted molar refractivity (Wildman–Crippen MR) is 184 cm³/mol. The summed E-state index contributed by atoms with van der Waals surface area (Å²) in [5.74, 6) is -1.22. The van der Waals surface area contributed by atoms with Crippen molar-refractivity contribution in [2.24, 2.45) is 20.0 Å². The van der Waals surface area contributed by atoms with E-state index in [1.54, 1.807) is 24.3 Å². The molecule has 10 bridgehead atoms.